The predicted octanol–water partition coefficient (Wildman–Crippen LogP) is 2.14. The minimum absolute atomic E-state index is 0.184. The SMILES string of the molecule is COc1ccc(CN(CCC(=O)O)C2CC2)cc1OC. The minimum Gasteiger partial charge on any atom is -0.493 e. The van der Waals surface area contributed by atoms with Gasteiger partial charge in [-0.25, -0.2) is 0 Å². The van der Waals surface area contributed by atoms with Gasteiger partial charge in [-0.2, -0.15) is 0 Å². The Morgan fingerprint density at radius 3 is 2.55 bits per heavy atom. The van der Waals surface area contributed by atoms with Crippen LogP contribution in [-0.2, 0) is 11.3 Å². The molecule has 1 aromatic carbocycles. The summed E-state index contributed by atoms with van der Waals surface area (Å²) < 4.78 is 10.5. The van der Waals surface area contributed by atoms with E-state index in [2.05, 4.69) is 4.90 Å². The molecule has 0 radical (unpaired) electrons. The van der Waals surface area contributed by atoms with Crippen molar-refractivity contribution >= 4 is 5.97 Å². The molecule has 110 valence electrons. The molecule has 2 rings (SSSR count). The van der Waals surface area contributed by atoms with E-state index in [-0.39, 0.29) is 6.42 Å². The third-order valence-corrected chi connectivity index (χ3v) is 3.51. The van der Waals surface area contributed by atoms with Crippen LogP contribution in [0.3, 0.4) is 0 Å². The van der Waals surface area contributed by atoms with Crippen molar-refractivity contribution in [1.82, 2.24) is 4.90 Å². The van der Waals surface area contributed by atoms with Gasteiger partial charge < -0.3 is 14.6 Å². The number of hydrogen-bond acceptors (Lipinski definition) is 4. The van der Waals surface area contributed by atoms with E-state index in [0.717, 1.165) is 24.9 Å². The molecule has 5 heteroatoms. The van der Waals surface area contributed by atoms with Gasteiger partial charge in [0, 0.05) is 19.1 Å². The number of aliphatic carboxylic acids is 1. The first-order valence-corrected chi connectivity index (χ1v) is 6.80. The highest BCUT2D eigenvalue weighted by Gasteiger charge is 2.29. The summed E-state index contributed by atoms with van der Waals surface area (Å²) in [7, 11) is 3.23. The molecule has 1 N–H and O–H groups in total. The number of methoxy groups -OCH3 is 2. The molecule has 0 aliphatic heterocycles. The topological polar surface area (TPSA) is 59.0 Å². The van der Waals surface area contributed by atoms with Gasteiger partial charge in [0.15, 0.2) is 11.5 Å². The Labute approximate surface area is 119 Å². The Morgan fingerprint density at radius 2 is 2.00 bits per heavy atom. The zero-order valence-corrected chi connectivity index (χ0v) is 12.0. The van der Waals surface area contributed by atoms with E-state index < -0.39 is 5.97 Å². The molecule has 0 aromatic heterocycles. The van der Waals surface area contributed by atoms with E-state index in [0.29, 0.717) is 24.1 Å². The van der Waals surface area contributed by atoms with Crippen molar-refractivity contribution < 1.29 is 19.4 Å². The van der Waals surface area contributed by atoms with Gasteiger partial charge in [0.05, 0.1) is 20.6 Å². The molecule has 0 amide bonds. The van der Waals surface area contributed by atoms with E-state index >= 15 is 0 Å². The number of carbonyl (C=O) groups is 1. The molecule has 0 saturated heterocycles. The van der Waals surface area contributed by atoms with Crippen molar-refractivity contribution in [3.8, 4) is 11.5 Å². The molecule has 0 unspecified atom stereocenters. The second-order valence-electron chi connectivity index (χ2n) is 5.03. The van der Waals surface area contributed by atoms with Gasteiger partial charge in [-0.15, -0.1) is 0 Å². The highest BCUT2D eigenvalue weighted by molar-refractivity contribution is 5.66. The predicted molar refractivity (Wildman–Crippen MR) is 75.2 cm³/mol. The molecule has 0 heterocycles. The van der Waals surface area contributed by atoms with Gasteiger partial charge in [-0.1, -0.05) is 6.07 Å². The summed E-state index contributed by atoms with van der Waals surface area (Å²) in [6.45, 7) is 1.34. The molecule has 1 aliphatic carbocycles. The average molecular weight is 279 g/mol. The first-order chi connectivity index (χ1) is 9.63. The number of carboxylic acids is 1. The van der Waals surface area contributed by atoms with E-state index in [1.54, 1.807) is 14.2 Å². The second kappa shape index (κ2) is 6.61. The molecule has 1 saturated carbocycles. The Bertz CT molecular complexity index is 471. The summed E-state index contributed by atoms with van der Waals surface area (Å²) in [6, 6.07) is 6.37. The summed E-state index contributed by atoms with van der Waals surface area (Å²) >= 11 is 0. The van der Waals surface area contributed by atoms with Gasteiger partial charge in [0.25, 0.3) is 0 Å². The van der Waals surface area contributed by atoms with Crippen LogP contribution in [0.1, 0.15) is 24.8 Å². The van der Waals surface area contributed by atoms with Crippen molar-refractivity contribution in [2.45, 2.75) is 31.8 Å². The van der Waals surface area contributed by atoms with E-state index in [9.17, 15) is 4.79 Å². The summed E-state index contributed by atoms with van der Waals surface area (Å²) in [5.74, 6) is 0.668. The molecular weight excluding hydrogens is 258 g/mol. The molecule has 20 heavy (non-hydrogen) atoms. The van der Waals surface area contributed by atoms with Crippen LogP contribution in [0.5, 0.6) is 11.5 Å². The average Bonchev–Trinajstić information content (AvgIpc) is 3.27. The van der Waals surface area contributed by atoms with Gasteiger partial charge in [0.1, 0.15) is 0 Å². The maximum Gasteiger partial charge on any atom is 0.304 e. The van der Waals surface area contributed by atoms with Crippen LogP contribution in [0.15, 0.2) is 18.2 Å². The molecular formula is C15H21NO4. The van der Waals surface area contributed by atoms with Crippen molar-refractivity contribution in [2.24, 2.45) is 0 Å². The van der Waals surface area contributed by atoms with Crippen LogP contribution in [0.25, 0.3) is 0 Å². The fourth-order valence-electron chi connectivity index (χ4n) is 2.28. The molecule has 1 aromatic rings. The van der Waals surface area contributed by atoms with Gasteiger partial charge in [0.2, 0.25) is 0 Å². The smallest absolute Gasteiger partial charge is 0.304 e. The number of rotatable bonds is 8. The summed E-state index contributed by atoms with van der Waals surface area (Å²) in [5.41, 5.74) is 1.11. The third-order valence-electron chi connectivity index (χ3n) is 3.51. The van der Waals surface area contributed by atoms with E-state index in [1.165, 1.54) is 0 Å². The Morgan fingerprint density at radius 1 is 1.30 bits per heavy atom. The summed E-state index contributed by atoms with van der Waals surface area (Å²) in [5, 5.41) is 8.82. The lowest BCUT2D eigenvalue weighted by molar-refractivity contribution is -0.137. The van der Waals surface area contributed by atoms with E-state index in [4.69, 9.17) is 14.6 Å². The molecule has 1 aliphatic rings. The van der Waals surface area contributed by atoms with Crippen LogP contribution >= 0.6 is 0 Å². The lowest BCUT2D eigenvalue weighted by Gasteiger charge is -2.21. The second-order valence-corrected chi connectivity index (χ2v) is 5.03. The molecule has 1 fully saturated rings. The fraction of sp³-hybridized carbons (Fsp3) is 0.533. The van der Waals surface area contributed by atoms with Crippen LogP contribution in [-0.4, -0.2) is 42.8 Å². The lowest BCUT2D eigenvalue weighted by Crippen LogP contribution is -2.28. The lowest BCUT2D eigenvalue weighted by atomic mass is 10.1. The van der Waals surface area contributed by atoms with Crippen LogP contribution < -0.4 is 9.47 Å². The first-order valence-electron chi connectivity index (χ1n) is 6.80. The van der Waals surface area contributed by atoms with Crippen molar-refractivity contribution in [1.29, 1.82) is 0 Å². The monoisotopic (exact) mass is 279 g/mol. The van der Waals surface area contributed by atoms with Crippen LogP contribution in [0.2, 0.25) is 0 Å². The van der Waals surface area contributed by atoms with Gasteiger partial charge in [-0.05, 0) is 30.5 Å². The first kappa shape index (κ1) is 14.7. The number of hydrogen-bond donors (Lipinski definition) is 1. The zero-order chi connectivity index (χ0) is 14.5. The largest absolute Gasteiger partial charge is 0.493 e. The maximum atomic E-state index is 10.7. The van der Waals surface area contributed by atoms with Crippen LogP contribution in [0, 0.1) is 0 Å². The fourth-order valence-corrected chi connectivity index (χ4v) is 2.28. The Hall–Kier alpha value is -1.75. The number of benzene rings is 1. The van der Waals surface area contributed by atoms with E-state index in [1.807, 2.05) is 18.2 Å². The Kier molecular flexibility index (Phi) is 4.84. The van der Waals surface area contributed by atoms with Crippen molar-refractivity contribution in [3.63, 3.8) is 0 Å². The van der Waals surface area contributed by atoms with Crippen LogP contribution in [0.4, 0.5) is 0 Å². The quantitative estimate of drug-likeness (QED) is 0.790. The Balaban J connectivity index is 2.04. The molecule has 0 bridgehead atoms. The maximum absolute atomic E-state index is 10.7. The molecule has 0 spiro atoms. The normalized spacial score (nSPS) is 14.3. The minimum atomic E-state index is -0.747. The van der Waals surface area contributed by atoms with Crippen molar-refractivity contribution in [3.05, 3.63) is 23.8 Å². The van der Waals surface area contributed by atoms with Crippen molar-refractivity contribution in [2.75, 3.05) is 20.8 Å². The molecule has 5 nitrogen and oxygen atoms in total. The zero-order valence-electron chi connectivity index (χ0n) is 12.0. The highest BCUT2D eigenvalue weighted by atomic mass is 16.5. The highest BCUT2D eigenvalue weighted by Crippen LogP contribution is 2.31. The number of carboxylic acid groups (broad SMARTS) is 1. The van der Waals surface area contributed by atoms with Gasteiger partial charge in [-0.3, -0.25) is 9.69 Å². The number of ether oxygens (including phenoxy) is 2. The summed E-state index contributed by atoms with van der Waals surface area (Å²) in [4.78, 5) is 13.0. The third kappa shape index (κ3) is 3.87. The molecule has 0 atom stereocenters. The summed E-state index contributed by atoms with van der Waals surface area (Å²) in [6.07, 6.45) is 2.50. The standard InChI is InChI=1S/C15H21NO4/c1-19-13-6-3-11(9-14(13)20-2)10-16(12-4-5-12)8-7-15(17)18/h3,6,9,12H,4-5,7-8,10H2,1-2H3,(H,17,18). The van der Waals surface area contributed by atoms with Gasteiger partial charge >= 0.3 is 5.97 Å². The number of nitrogens with zero attached hydrogens (tertiary/aromatic N) is 1.